The van der Waals surface area contributed by atoms with Crippen LogP contribution >= 0.6 is 0 Å². The van der Waals surface area contributed by atoms with Crippen molar-refractivity contribution in [3.05, 3.63) is 120 Å². The maximum Gasteiger partial charge on any atom is 0.405 e. The van der Waals surface area contributed by atoms with E-state index < -0.39 is 47.7 Å². The lowest BCUT2D eigenvalue weighted by atomic mass is 9.85. The number of carbonyl (C=O) groups is 4. The summed E-state index contributed by atoms with van der Waals surface area (Å²) in [5.74, 6) is -1.09. The first kappa shape index (κ1) is 44.3. The maximum atomic E-state index is 14.5. The van der Waals surface area contributed by atoms with E-state index in [4.69, 9.17) is 0 Å². The van der Waals surface area contributed by atoms with Crippen molar-refractivity contribution in [3.8, 4) is 11.3 Å². The second-order valence-corrected chi connectivity index (χ2v) is 16.7. The summed E-state index contributed by atoms with van der Waals surface area (Å²) < 4.78 is 0. The molecular formula is C46H59N7O6. The fourth-order valence-electron chi connectivity index (χ4n) is 7.60. The number of pyridine rings is 2. The standard InChI is InChI=1S/C46H59N7O6/c1-7-30(2)40(53-25-24-52(45(53)59)29-35-17-13-14-31(3)48-35)42(55)50-38(27-32-15-9-8-10-16-32)39(54)28-36(49-43(56)41(46(4,5)6)51-44(57)58)26-33-19-21-34(22-20-33)37-18-11-12-23-47-37/h8-23,30,36,38-41,51,54H,7,24-29H2,1-6H3,(H,49,56)(H,50,55)(H,57,58). The number of rotatable bonds is 18. The molecule has 59 heavy (non-hydrogen) atoms. The number of aryl methyl sites for hydroxylation is 1. The number of carbonyl (C=O) groups excluding carboxylic acids is 3. The predicted molar refractivity (Wildman–Crippen MR) is 227 cm³/mol. The molecule has 1 fully saturated rings. The highest BCUT2D eigenvalue weighted by molar-refractivity contribution is 5.88. The van der Waals surface area contributed by atoms with Gasteiger partial charge in [0, 0.05) is 36.6 Å². The Kier molecular flexibility index (Phi) is 15.2. The van der Waals surface area contributed by atoms with Crippen LogP contribution in [0.25, 0.3) is 11.3 Å². The van der Waals surface area contributed by atoms with E-state index in [0.29, 0.717) is 32.5 Å². The van der Waals surface area contributed by atoms with Gasteiger partial charge in [0.2, 0.25) is 11.8 Å². The van der Waals surface area contributed by atoms with Crippen molar-refractivity contribution in [1.29, 1.82) is 0 Å². The van der Waals surface area contributed by atoms with Gasteiger partial charge in [-0.3, -0.25) is 19.6 Å². The lowest BCUT2D eigenvalue weighted by Crippen LogP contribution is -2.58. The first-order chi connectivity index (χ1) is 28.1. The molecule has 13 nitrogen and oxygen atoms in total. The van der Waals surface area contributed by atoms with Crippen LogP contribution in [0.1, 0.15) is 70.0 Å². The molecular weight excluding hydrogens is 747 g/mol. The third kappa shape index (κ3) is 12.3. The average molecular weight is 806 g/mol. The van der Waals surface area contributed by atoms with Crippen LogP contribution in [0.5, 0.6) is 0 Å². The van der Waals surface area contributed by atoms with Crippen molar-refractivity contribution in [3.63, 3.8) is 0 Å². The third-order valence-electron chi connectivity index (χ3n) is 11.0. The van der Waals surface area contributed by atoms with E-state index in [1.54, 1.807) is 36.8 Å². The van der Waals surface area contributed by atoms with Crippen LogP contribution in [-0.4, -0.2) is 97.3 Å². The molecule has 6 atom stereocenters. The summed E-state index contributed by atoms with van der Waals surface area (Å²) in [4.78, 5) is 66.4. The first-order valence-electron chi connectivity index (χ1n) is 20.4. The normalized spacial score (nSPS) is 16.1. The highest BCUT2D eigenvalue weighted by atomic mass is 16.4. The second kappa shape index (κ2) is 20.2. The number of amides is 5. The second-order valence-electron chi connectivity index (χ2n) is 16.7. The molecule has 0 radical (unpaired) electrons. The summed E-state index contributed by atoms with van der Waals surface area (Å²) in [6.45, 7) is 12.3. The van der Waals surface area contributed by atoms with Crippen LogP contribution < -0.4 is 16.0 Å². The molecule has 1 aliphatic rings. The van der Waals surface area contributed by atoms with E-state index in [2.05, 4.69) is 25.9 Å². The minimum atomic E-state index is -1.32. The van der Waals surface area contributed by atoms with Gasteiger partial charge in [-0.1, -0.05) is 108 Å². The number of nitrogens with one attached hydrogen (secondary N) is 3. The van der Waals surface area contributed by atoms with Crippen molar-refractivity contribution in [2.24, 2.45) is 11.3 Å². The number of aromatic nitrogens is 2. The Bertz CT molecular complexity index is 2010. The molecule has 4 aromatic rings. The largest absolute Gasteiger partial charge is 0.465 e. The Balaban J connectivity index is 1.41. The Morgan fingerprint density at radius 1 is 0.831 bits per heavy atom. The number of aliphatic hydroxyl groups is 1. The highest BCUT2D eigenvalue weighted by Gasteiger charge is 2.41. The van der Waals surface area contributed by atoms with E-state index in [1.165, 1.54) is 0 Å². The molecule has 2 aromatic heterocycles. The van der Waals surface area contributed by atoms with E-state index in [1.807, 2.05) is 112 Å². The monoisotopic (exact) mass is 805 g/mol. The van der Waals surface area contributed by atoms with Gasteiger partial charge in [0.15, 0.2) is 0 Å². The minimum absolute atomic E-state index is 0.0311. The highest BCUT2D eigenvalue weighted by Crippen LogP contribution is 2.25. The number of hydrogen-bond donors (Lipinski definition) is 5. The Morgan fingerprint density at radius 3 is 2.15 bits per heavy atom. The molecule has 0 spiro atoms. The van der Waals surface area contributed by atoms with Crippen molar-refractivity contribution in [1.82, 2.24) is 35.7 Å². The first-order valence-corrected chi connectivity index (χ1v) is 20.4. The third-order valence-corrected chi connectivity index (χ3v) is 11.0. The molecule has 3 heterocycles. The van der Waals surface area contributed by atoms with Gasteiger partial charge in [-0.25, -0.2) is 9.59 Å². The number of benzene rings is 2. The predicted octanol–water partition coefficient (Wildman–Crippen LogP) is 5.99. The zero-order valence-corrected chi connectivity index (χ0v) is 35.0. The molecule has 0 saturated carbocycles. The van der Waals surface area contributed by atoms with Crippen LogP contribution in [0.15, 0.2) is 97.2 Å². The maximum absolute atomic E-state index is 14.5. The van der Waals surface area contributed by atoms with Gasteiger partial charge in [-0.05, 0) is 72.9 Å². The number of aliphatic hydroxyl groups excluding tert-OH is 1. The van der Waals surface area contributed by atoms with Gasteiger partial charge < -0.3 is 36.0 Å². The summed E-state index contributed by atoms with van der Waals surface area (Å²) in [6, 6.07) is 25.1. The Morgan fingerprint density at radius 2 is 1.53 bits per heavy atom. The molecule has 1 saturated heterocycles. The van der Waals surface area contributed by atoms with E-state index in [-0.39, 0.29) is 30.7 Å². The van der Waals surface area contributed by atoms with Crippen molar-refractivity contribution in [2.75, 3.05) is 13.1 Å². The van der Waals surface area contributed by atoms with Gasteiger partial charge in [-0.15, -0.1) is 0 Å². The zero-order valence-electron chi connectivity index (χ0n) is 35.0. The van der Waals surface area contributed by atoms with Gasteiger partial charge >= 0.3 is 12.1 Å². The molecule has 13 heteroatoms. The zero-order chi connectivity index (χ0) is 42.7. The number of nitrogens with zero attached hydrogens (tertiary/aromatic N) is 4. The Labute approximate surface area is 347 Å². The van der Waals surface area contributed by atoms with E-state index in [0.717, 1.165) is 33.8 Å². The van der Waals surface area contributed by atoms with Gasteiger partial charge in [0.25, 0.3) is 0 Å². The molecule has 5 N–H and O–H groups in total. The topological polar surface area (TPSA) is 177 Å². The Hall–Kier alpha value is -5.82. The summed E-state index contributed by atoms with van der Waals surface area (Å²) in [5, 5.41) is 30.3. The summed E-state index contributed by atoms with van der Waals surface area (Å²) in [7, 11) is 0. The van der Waals surface area contributed by atoms with Gasteiger partial charge in [-0.2, -0.15) is 0 Å². The summed E-state index contributed by atoms with van der Waals surface area (Å²) >= 11 is 0. The lowest BCUT2D eigenvalue weighted by molar-refractivity contribution is -0.129. The van der Waals surface area contributed by atoms with Crippen LogP contribution in [-0.2, 0) is 29.0 Å². The number of hydrogen-bond acceptors (Lipinski definition) is 7. The fourth-order valence-corrected chi connectivity index (χ4v) is 7.60. The van der Waals surface area contributed by atoms with Crippen LogP contribution in [0.2, 0.25) is 0 Å². The molecule has 1 aliphatic heterocycles. The van der Waals surface area contributed by atoms with Crippen LogP contribution in [0, 0.1) is 18.3 Å². The lowest BCUT2D eigenvalue weighted by Gasteiger charge is -2.35. The minimum Gasteiger partial charge on any atom is -0.465 e. The molecule has 6 unspecified atom stereocenters. The van der Waals surface area contributed by atoms with Crippen molar-refractivity contribution >= 4 is 23.9 Å². The van der Waals surface area contributed by atoms with Crippen LogP contribution in [0.4, 0.5) is 9.59 Å². The summed E-state index contributed by atoms with van der Waals surface area (Å²) in [5.41, 5.74) is 4.36. The van der Waals surface area contributed by atoms with Crippen molar-refractivity contribution in [2.45, 2.75) is 104 Å². The van der Waals surface area contributed by atoms with Gasteiger partial charge in [0.1, 0.15) is 12.1 Å². The quantitative estimate of drug-likeness (QED) is 0.0815. The van der Waals surface area contributed by atoms with E-state index >= 15 is 0 Å². The van der Waals surface area contributed by atoms with Crippen molar-refractivity contribution < 1.29 is 29.4 Å². The number of urea groups is 1. The molecule has 2 aromatic carbocycles. The molecule has 0 aliphatic carbocycles. The SMILES string of the molecule is CCC(C)C(C(=O)NC(Cc1ccccc1)C(O)CC(Cc1ccc(-c2ccccn2)cc1)NC(=O)C(NC(=O)O)C(C)(C)C)N1CCN(Cc2cccc(C)n2)C1=O. The molecule has 5 rings (SSSR count). The number of carboxylic acid groups (broad SMARTS) is 1. The smallest absolute Gasteiger partial charge is 0.405 e. The summed E-state index contributed by atoms with van der Waals surface area (Å²) in [6.07, 6.45) is 0.506. The fraction of sp³-hybridized carbons (Fsp3) is 0.435. The average Bonchev–Trinajstić information content (AvgIpc) is 3.55. The molecule has 5 amide bonds. The molecule has 0 bridgehead atoms. The van der Waals surface area contributed by atoms with Gasteiger partial charge in [0.05, 0.1) is 30.1 Å². The molecule has 314 valence electrons. The van der Waals surface area contributed by atoms with E-state index in [9.17, 15) is 29.4 Å². The van der Waals surface area contributed by atoms with Crippen LogP contribution in [0.3, 0.4) is 0 Å².